The maximum atomic E-state index is 12.8. The van der Waals surface area contributed by atoms with E-state index in [1.54, 1.807) is 0 Å². The molecule has 3 aliphatic rings. The minimum atomic E-state index is 0.000683. The molecule has 3 fully saturated rings. The van der Waals surface area contributed by atoms with Crippen molar-refractivity contribution in [1.82, 2.24) is 26.4 Å². The molecule has 0 aromatic rings. The summed E-state index contributed by atoms with van der Waals surface area (Å²) in [4.78, 5) is 15.1. The molecule has 7 heteroatoms. The number of hydrogen-bond donors (Lipinski definition) is 4. The lowest BCUT2D eigenvalue weighted by atomic mass is 9.82. The highest BCUT2D eigenvalue weighted by Crippen LogP contribution is 2.35. The maximum absolute atomic E-state index is 12.8. The summed E-state index contributed by atoms with van der Waals surface area (Å²) in [5.74, 6) is 2.23. The van der Waals surface area contributed by atoms with Gasteiger partial charge in [-0.3, -0.25) is 9.69 Å². The van der Waals surface area contributed by atoms with Gasteiger partial charge in [0.25, 0.3) is 0 Å². The van der Waals surface area contributed by atoms with E-state index < -0.39 is 0 Å². The molecule has 1 saturated carbocycles. The molecule has 0 radical (unpaired) electrons. The van der Waals surface area contributed by atoms with Crippen molar-refractivity contribution in [2.24, 2.45) is 17.8 Å². The molecule has 6 nitrogen and oxygen atoms in total. The van der Waals surface area contributed by atoms with Crippen LogP contribution in [-0.4, -0.2) is 53.9 Å². The Kier molecular flexibility index (Phi) is 7.85. The second-order valence-electron chi connectivity index (χ2n) is 9.10. The number of nitrogens with zero attached hydrogens (tertiary/aromatic N) is 1. The lowest BCUT2D eigenvalue weighted by molar-refractivity contribution is -0.125. The highest BCUT2D eigenvalue weighted by Gasteiger charge is 2.33. The molecule has 2 aliphatic heterocycles. The number of carbonyl (C=O) groups excluding carboxylic acids is 1. The molecular weight excluding hydrogens is 358 g/mol. The quantitative estimate of drug-likeness (QED) is 0.550. The van der Waals surface area contributed by atoms with E-state index in [9.17, 15) is 4.79 Å². The molecule has 1 amide bonds. The first-order valence-corrected chi connectivity index (χ1v) is 11.8. The average molecular weight is 398 g/mol. The molecular formula is C20H39N5OS. The summed E-state index contributed by atoms with van der Waals surface area (Å²) in [7, 11) is 2.14. The van der Waals surface area contributed by atoms with Crippen LogP contribution in [-0.2, 0) is 4.79 Å². The Morgan fingerprint density at radius 1 is 1.15 bits per heavy atom. The fourth-order valence-electron chi connectivity index (χ4n) is 4.74. The van der Waals surface area contributed by atoms with Crippen LogP contribution in [0.25, 0.3) is 0 Å². The van der Waals surface area contributed by atoms with Crippen LogP contribution in [0, 0.1) is 17.8 Å². The van der Waals surface area contributed by atoms with Gasteiger partial charge in [0.2, 0.25) is 5.91 Å². The Balaban J connectivity index is 1.46. The standard InChI is InChI=1S/C20H39N5OS/c1-13(2)15-8-9-21-18(11-15)19(26)23-17-7-5-6-16(10-17)14(3)27-20-24-22-12-25(20)4/h13-18,20-22,24H,5-12H2,1-4H3,(H,23,26)/t14-,15?,16?,17?,18?,20?/m0/s1. The van der Waals surface area contributed by atoms with Crippen LogP contribution in [0.15, 0.2) is 0 Å². The molecule has 27 heavy (non-hydrogen) atoms. The Labute approximate surface area is 169 Å². The number of nitrogens with one attached hydrogen (secondary N) is 4. The third-order valence-electron chi connectivity index (χ3n) is 6.73. The summed E-state index contributed by atoms with van der Waals surface area (Å²) >= 11 is 2.00. The van der Waals surface area contributed by atoms with Crippen LogP contribution in [0.5, 0.6) is 0 Å². The van der Waals surface area contributed by atoms with Gasteiger partial charge in [0, 0.05) is 11.3 Å². The van der Waals surface area contributed by atoms with Crippen molar-refractivity contribution in [2.75, 3.05) is 20.3 Å². The predicted molar refractivity (Wildman–Crippen MR) is 113 cm³/mol. The van der Waals surface area contributed by atoms with E-state index in [2.05, 4.69) is 54.2 Å². The van der Waals surface area contributed by atoms with E-state index in [1.165, 1.54) is 19.3 Å². The minimum absolute atomic E-state index is 0.000683. The maximum Gasteiger partial charge on any atom is 0.237 e. The molecule has 156 valence electrons. The molecule has 4 N–H and O–H groups in total. The van der Waals surface area contributed by atoms with Crippen LogP contribution < -0.4 is 21.5 Å². The Morgan fingerprint density at radius 3 is 2.67 bits per heavy atom. The number of amides is 1. The van der Waals surface area contributed by atoms with Crippen LogP contribution in [0.4, 0.5) is 0 Å². The monoisotopic (exact) mass is 397 g/mol. The summed E-state index contributed by atoms with van der Waals surface area (Å²) in [6.07, 6.45) is 6.92. The number of hydrazine groups is 1. The van der Waals surface area contributed by atoms with Crippen molar-refractivity contribution in [1.29, 1.82) is 0 Å². The van der Waals surface area contributed by atoms with Gasteiger partial charge in [-0.1, -0.05) is 27.2 Å². The zero-order valence-corrected chi connectivity index (χ0v) is 18.3. The third kappa shape index (κ3) is 5.82. The highest BCUT2D eigenvalue weighted by molar-refractivity contribution is 8.00. The Morgan fingerprint density at radius 2 is 1.96 bits per heavy atom. The van der Waals surface area contributed by atoms with Crippen LogP contribution in [0.3, 0.4) is 0 Å². The summed E-state index contributed by atoms with van der Waals surface area (Å²) in [5, 5.41) is 7.42. The Hall–Kier alpha value is -0.340. The fraction of sp³-hybridized carbons (Fsp3) is 0.950. The number of rotatable bonds is 6. The number of thioether (sulfide) groups is 1. The molecule has 6 atom stereocenters. The van der Waals surface area contributed by atoms with E-state index in [4.69, 9.17) is 0 Å². The van der Waals surface area contributed by atoms with Gasteiger partial charge in [0.1, 0.15) is 5.50 Å². The lowest BCUT2D eigenvalue weighted by Crippen LogP contribution is -2.52. The van der Waals surface area contributed by atoms with Gasteiger partial charge in [-0.25, -0.2) is 10.9 Å². The van der Waals surface area contributed by atoms with Crippen molar-refractivity contribution in [3.63, 3.8) is 0 Å². The van der Waals surface area contributed by atoms with Crippen LogP contribution in [0.2, 0.25) is 0 Å². The number of piperidine rings is 1. The van der Waals surface area contributed by atoms with E-state index >= 15 is 0 Å². The van der Waals surface area contributed by atoms with Gasteiger partial charge < -0.3 is 10.6 Å². The normalized spacial score (nSPS) is 36.7. The second-order valence-corrected chi connectivity index (χ2v) is 10.6. The lowest BCUT2D eigenvalue weighted by Gasteiger charge is -2.36. The van der Waals surface area contributed by atoms with Crippen LogP contribution >= 0.6 is 11.8 Å². The van der Waals surface area contributed by atoms with Crippen molar-refractivity contribution >= 4 is 17.7 Å². The van der Waals surface area contributed by atoms with Crippen molar-refractivity contribution in [3.8, 4) is 0 Å². The summed E-state index contributed by atoms with van der Waals surface area (Å²) in [6.45, 7) is 8.77. The molecule has 5 unspecified atom stereocenters. The number of carbonyl (C=O) groups is 1. The highest BCUT2D eigenvalue weighted by atomic mass is 32.2. The van der Waals surface area contributed by atoms with Crippen molar-refractivity contribution < 1.29 is 4.79 Å². The zero-order chi connectivity index (χ0) is 19.4. The minimum Gasteiger partial charge on any atom is -0.352 e. The third-order valence-corrected chi connectivity index (χ3v) is 8.28. The first-order chi connectivity index (χ1) is 12.9. The van der Waals surface area contributed by atoms with Gasteiger partial charge >= 0.3 is 0 Å². The summed E-state index contributed by atoms with van der Waals surface area (Å²) in [6, 6.07) is 0.341. The smallest absolute Gasteiger partial charge is 0.237 e. The van der Waals surface area contributed by atoms with E-state index in [1.807, 2.05) is 11.8 Å². The molecule has 0 aromatic heterocycles. The predicted octanol–water partition coefficient (Wildman–Crippen LogP) is 2.09. The van der Waals surface area contributed by atoms with E-state index in [0.717, 1.165) is 32.5 Å². The van der Waals surface area contributed by atoms with Gasteiger partial charge in [-0.2, -0.15) is 0 Å². The van der Waals surface area contributed by atoms with Gasteiger partial charge in [0.05, 0.1) is 12.7 Å². The van der Waals surface area contributed by atoms with Crippen LogP contribution in [0.1, 0.15) is 59.3 Å². The molecule has 0 aromatic carbocycles. The Bertz CT molecular complexity index is 491. The van der Waals surface area contributed by atoms with E-state index in [-0.39, 0.29) is 11.9 Å². The molecule has 1 aliphatic carbocycles. The first kappa shape index (κ1) is 21.4. The summed E-state index contributed by atoms with van der Waals surface area (Å²) < 4.78 is 0. The topological polar surface area (TPSA) is 68.4 Å². The van der Waals surface area contributed by atoms with Crippen molar-refractivity contribution in [2.45, 2.75) is 82.1 Å². The number of hydrogen-bond acceptors (Lipinski definition) is 6. The average Bonchev–Trinajstić information content (AvgIpc) is 3.06. The largest absolute Gasteiger partial charge is 0.352 e. The molecule has 0 bridgehead atoms. The first-order valence-electron chi connectivity index (χ1n) is 10.8. The zero-order valence-electron chi connectivity index (χ0n) is 17.5. The summed E-state index contributed by atoms with van der Waals surface area (Å²) in [5.41, 5.74) is 6.88. The molecule has 2 saturated heterocycles. The second kappa shape index (κ2) is 9.92. The molecule has 2 heterocycles. The molecule has 3 rings (SSSR count). The van der Waals surface area contributed by atoms with Crippen molar-refractivity contribution in [3.05, 3.63) is 0 Å². The van der Waals surface area contributed by atoms with E-state index in [0.29, 0.717) is 34.5 Å². The SMILES string of the molecule is CC(C)C1CCNC(C(=O)NC2CCCC([C@H](C)SC3NNCN3C)C2)C1. The van der Waals surface area contributed by atoms with Gasteiger partial charge in [0.15, 0.2) is 0 Å². The molecule has 0 spiro atoms. The van der Waals surface area contributed by atoms with Gasteiger partial charge in [-0.15, -0.1) is 11.8 Å². The van der Waals surface area contributed by atoms with Gasteiger partial charge in [-0.05, 0) is 63.5 Å². The fourth-order valence-corrected chi connectivity index (χ4v) is 6.05.